The minimum absolute atomic E-state index is 0.267. The van der Waals surface area contributed by atoms with E-state index in [-0.39, 0.29) is 4.90 Å². The number of imidazole rings is 1. The van der Waals surface area contributed by atoms with Crippen LogP contribution >= 0.6 is 0 Å². The smallest absolute Gasteiger partial charge is 0.242 e. The second-order valence-electron chi connectivity index (χ2n) is 7.43. The van der Waals surface area contributed by atoms with Crippen LogP contribution in [0.2, 0.25) is 0 Å². The minimum Gasteiger partial charge on any atom is -0.377 e. The van der Waals surface area contributed by atoms with Crippen LogP contribution in [0.25, 0.3) is 11.0 Å². The van der Waals surface area contributed by atoms with Gasteiger partial charge in [0.05, 0.1) is 22.5 Å². The summed E-state index contributed by atoms with van der Waals surface area (Å²) in [4.78, 5) is 5.05. The Labute approximate surface area is 173 Å². The second-order valence-corrected chi connectivity index (χ2v) is 9.59. The average molecular weight is 415 g/mol. The normalized spacial score (nSPS) is 12.1. The molecule has 0 unspecified atom stereocenters. The zero-order chi connectivity index (χ0) is 21.2. The number of sulfonamides is 1. The van der Waals surface area contributed by atoms with Crippen molar-refractivity contribution in [2.75, 3.05) is 19.4 Å². The van der Waals surface area contributed by atoms with Crippen LogP contribution in [-0.2, 0) is 29.5 Å². The number of aryl methyl sites for hydroxylation is 3. The van der Waals surface area contributed by atoms with Gasteiger partial charge in [0.2, 0.25) is 10.0 Å². The van der Waals surface area contributed by atoms with Crippen molar-refractivity contribution in [2.24, 2.45) is 0 Å². The molecule has 0 fully saturated rings. The maximum absolute atomic E-state index is 12.5. The van der Waals surface area contributed by atoms with E-state index in [0.29, 0.717) is 12.1 Å². The zero-order valence-corrected chi connectivity index (χ0v) is 18.7. The monoisotopic (exact) mass is 414 g/mol. The molecule has 0 radical (unpaired) electrons. The lowest BCUT2D eigenvalue weighted by Gasteiger charge is -2.15. The van der Waals surface area contributed by atoms with Crippen LogP contribution in [0.4, 0.5) is 5.69 Å². The van der Waals surface area contributed by atoms with Gasteiger partial charge >= 0.3 is 0 Å². The lowest BCUT2D eigenvalue weighted by atomic mass is 10.1. The Hall–Kier alpha value is -2.38. The Morgan fingerprint density at radius 1 is 1.14 bits per heavy atom. The van der Waals surface area contributed by atoms with Gasteiger partial charge in [-0.25, -0.2) is 17.7 Å². The Morgan fingerprint density at radius 2 is 1.90 bits per heavy atom. The number of aromatic nitrogens is 2. The third-order valence-electron chi connectivity index (χ3n) is 5.19. The van der Waals surface area contributed by atoms with Crippen molar-refractivity contribution in [1.82, 2.24) is 13.9 Å². The molecular weight excluding hydrogens is 384 g/mol. The van der Waals surface area contributed by atoms with Gasteiger partial charge in [0, 0.05) is 26.3 Å². The van der Waals surface area contributed by atoms with E-state index < -0.39 is 10.0 Å². The highest BCUT2D eigenvalue weighted by molar-refractivity contribution is 7.89. The highest BCUT2D eigenvalue weighted by Gasteiger charge is 2.19. The molecule has 0 atom stereocenters. The molecule has 6 nitrogen and oxygen atoms in total. The Bertz CT molecular complexity index is 1120. The number of anilines is 1. The van der Waals surface area contributed by atoms with Crippen LogP contribution in [0.1, 0.15) is 37.2 Å². The molecule has 0 aliphatic rings. The van der Waals surface area contributed by atoms with Crippen molar-refractivity contribution in [2.45, 2.75) is 51.6 Å². The van der Waals surface area contributed by atoms with Crippen LogP contribution < -0.4 is 5.32 Å². The van der Waals surface area contributed by atoms with E-state index in [4.69, 9.17) is 4.98 Å². The molecule has 1 heterocycles. The van der Waals surface area contributed by atoms with Gasteiger partial charge in [0.25, 0.3) is 0 Å². The molecule has 29 heavy (non-hydrogen) atoms. The van der Waals surface area contributed by atoms with Crippen LogP contribution in [0, 0.1) is 6.92 Å². The molecule has 7 heteroatoms. The Kier molecular flexibility index (Phi) is 6.29. The molecule has 0 saturated heterocycles. The fourth-order valence-corrected chi connectivity index (χ4v) is 4.50. The lowest BCUT2D eigenvalue weighted by molar-refractivity contribution is 0.521. The molecule has 2 aromatic carbocycles. The molecule has 0 saturated carbocycles. The molecule has 0 amide bonds. The maximum atomic E-state index is 12.5. The van der Waals surface area contributed by atoms with Gasteiger partial charge in [-0.1, -0.05) is 32.0 Å². The van der Waals surface area contributed by atoms with E-state index in [1.54, 1.807) is 12.1 Å². The number of para-hydroxylation sites is 1. The minimum atomic E-state index is -3.49. The molecular formula is C22H30N4O2S. The second kappa shape index (κ2) is 8.55. The summed E-state index contributed by atoms with van der Waals surface area (Å²) >= 11 is 0. The third-order valence-corrected chi connectivity index (χ3v) is 7.00. The van der Waals surface area contributed by atoms with Crippen LogP contribution in [-0.4, -0.2) is 36.4 Å². The molecule has 0 aliphatic heterocycles. The first-order valence-electron chi connectivity index (χ1n) is 10.0. The van der Waals surface area contributed by atoms with Crippen molar-refractivity contribution in [3.05, 3.63) is 53.3 Å². The van der Waals surface area contributed by atoms with Crippen molar-refractivity contribution < 1.29 is 8.42 Å². The summed E-state index contributed by atoms with van der Waals surface area (Å²) in [6.45, 7) is 7.81. The number of benzene rings is 2. The van der Waals surface area contributed by atoms with Gasteiger partial charge in [-0.2, -0.15) is 0 Å². The molecule has 0 spiro atoms. The number of hydrogen-bond donors (Lipinski definition) is 1. The van der Waals surface area contributed by atoms with E-state index >= 15 is 0 Å². The fraction of sp³-hybridized carbons (Fsp3) is 0.409. The highest BCUT2D eigenvalue weighted by atomic mass is 32.2. The van der Waals surface area contributed by atoms with Crippen molar-refractivity contribution in [3.8, 4) is 0 Å². The molecule has 0 aliphatic carbocycles. The van der Waals surface area contributed by atoms with Gasteiger partial charge < -0.3 is 9.88 Å². The Balaban J connectivity index is 2.00. The SMILES string of the molecule is CCCn1c(CNc2c(C)cccc2CC)nc2cc(S(=O)(=O)N(C)C)ccc21. The summed E-state index contributed by atoms with van der Waals surface area (Å²) < 4.78 is 28.4. The number of rotatable bonds is 8. The van der Waals surface area contributed by atoms with E-state index in [1.165, 1.54) is 29.5 Å². The van der Waals surface area contributed by atoms with Crippen LogP contribution in [0.3, 0.4) is 0 Å². The number of nitrogens with one attached hydrogen (secondary N) is 1. The zero-order valence-electron chi connectivity index (χ0n) is 17.9. The lowest BCUT2D eigenvalue weighted by Crippen LogP contribution is -2.22. The predicted octanol–water partition coefficient (Wildman–Crippen LogP) is 4.18. The van der Waals surface area contributed by atoms with Gasteiger partial charge in [0.15, 0.2) is 0 Å². The molecule has 3 aromatic rings. The number of hydrogen-bond acceptors (Lipinski definition) is 4. The molecule has 1 N–H and O–H groups in total. The molecule has 1 aromatic heterocycles. The standard InChI is InChI=1S/C22H30N4O2S/c1-6-13-26-20-12-11-18(29(27,28)25(4)5)14-19(20)24-21(26)15-23-22-16(3)9-8-10-17(22)7-2/h8-12,14,23H,6-7,13,15H2,1-5H3. The topological polar surface area (TPSA) is 67.2 Å². The summed E-state index contributed by atoms with van der Waals surface area (Å²) in [7, 11) is -0.406. The van der Waals surface area contributed by atoms with Crippen LogP contribution in [0.15, 0.2) is 41.3 Å². The maximum Gasteiger partial charge on any atom is 0.242 e. The van der Waals surface area contributed by atoms with Gasteiger partial charge in [0.1, 0.15) is 5.82 Å². The first-order chi connectivity index (χ1) is 13.8. The largest absolute Gasteiger partial charge is 0.377 e. The molecule has 156 valence electrons. The summed E-state index contributed by atoms with van der Waals surface area (Å²) in [5.41, 5.74) is 5.31. The summed E-state index contributed by atoms with van der Waals surface area (Å²) in [6, 6.07) is 11.5. The average Bonchev–Trinajstić information content (AvgIpc) is 3.03. The van der Waals surface area contributed by atoms with Gasteiger partial charge in [-0.15, -0.1) is 0 Å². The van der Waals surface area contributed by atoms with E-state index in [2.05, 4.69) is 48.9 Å². The van der Waals surface area contributed by atoms with Gasteiger partial charge in [-0.3, -0.25) is 0 Å². The number of fused-ring (bicyclic) bond motifs is 1. The van der Waals surface area contributed by atoms with E-state index in [9.17, 15) is 8.42 Å². The van der Waals surface area contributed by atoms with Crippen molar-refractivity contribution in [1.29, 1.82) is 0 Å². The molecule has 0 bridgehead atoms. The third kappa shape index (κ3) is 4.16. The van der Waals surface area contributed by atoms with Crippen molar-refractivity contribution in [3.63, 3.8) is 0 Å². The molecule has 3 rings (SSSR count). The fourth-order valence-electron chi connectivity index (χ4n) is 3.58. The van der Waals surface area contributed by atoms with Crippen molar-refractivity contribution >= 4 is 26.7 Å². The Morgan fingerprint density at radius 3 is 2.55 bits per heavy atom. The first-order valence-corrected chi connectivity index (χ1v) is 11.5. The van der Waals surface area contributed by atoms with E-state index in [0.717, 1.165) is 36.4 Å². The van der Waals surface area contributed by atoms with E-state index in [1.807, 2.05) is 6.07 Å². The number of nitrogens with zero attached hydrogens (tertiary/aromatic N) is 3. The highest BCUT2D eigenvalue weighted by Crippen LogP contribution is 2.25. The summed E-state index contributed by atoms with van der Waals surface area (Å²) in [5.74, 6) is 0.909. The summed E-state index contributed by atoms with van der Waals surface area (Å²) in [6.07, 6.45) is 1.93. The quantitative estimate of drug-likeness (QED) is 0.600. The van der Waals surface area contributed by atoms with Gasteiger partial charge in [-0.05, 0) is 49.1 Å². The summed E-state index contributed by atoms with van der Waals surface area (Å²) in [5, 5.41) is 3.56. The van der Waals surface area contributed by atoms with Crippen LogP contribution in [0.5, 0.6) is 0 Å². The first kappa shape index (κ1) is 21.3. The predicted molar refractivity (Wildman–Crippen MR) is 119 cm³/mol.